The van der Waals surface area contributed by atoms with Crippen LogP contribution in [0.1, 0.15) is 75.0 Å². The minimum atomic E-state index is -1.48. The fourth-order valence-electron chi connectivity index (χ4n) is 6.18. The Morgan fingerprint density at radius 1 is 1.18 bits per heavy atom. The molecule has 0 aliphatic carbocycles. The van der Waals surface area contributed by atoms with E-state index in [0.29, 0.717) is 60.1 Å². The number of nitrogens with zero attached hydrogens (tertiary/aromatic N) is 5. The first kappa shape index (κ1) is 26.4. The molecule has 3 aromatic rings. The summed E-state index contributed by atoms with van der Waals surface area (Å²) in [4.78, 5) is 24.7. The number of amides is 1. The van der Waals surface area contributed by atoms with Crippen molar-refractivity contribution in [2.24, 2.45) is 5.41 Å². The van der Waals surface area contributed by atoms with E-state index in [1.165, 1.54) is 6.07 Å². The maximum atomic E-state index is 15.1. The molecule has 202 valence electrons. The number of carbonyl (C=O) groups excluding carboxylic acids is 1. The molecule has 0 saturated carbocycles. The van der Waals surface area contributed by atoms with Crippen LogP contribution in [0.2, 0.25) is 0 Å². The normalized spacial score (nSPS) is 19.8. The SMILES string of the molecule is CC(=O)N1CCC(c2nc(-c3cncc(C(O)(c4ccc(C(C)C)c(F)c4)C4(C)CN(C)C4)c3)no2)CC1. The Morgan fingerprint density at radius 2 is 1.89 bits per heavy atom. The molecule has 0 spiro atoms. The van der Waals surface area contributed by atoms with E-state index in [-0.39, 0.29) is 23.6 Å². The van der Waals surface area contributed by atoms with Crippen LogP contribution in [0.15, 0.2) is 41.2 Å². The smallest absolute Gasteiger partial charge is 0.230 e. The van der Waals surface area contributed by atoms with Gasteiger partial charge in [-0.3, -0.25) is 9.78 Å². The predicted octanol–water partition coefficient (Wildman–Crippen LogP) is 4.31. The molecule has 2 aromatic heterocycles. The first-order valence-corrected chi connectivity index (χ1v) is 13.3. The van der Waals surface area contributed by atoms with E-state index in [9.17, 15) is 9.90 Å². The third-order valence-corrected chi connectivity index (χ3v) is 8.30. The maximum absolute atomic E-state index is 15.1. The van der Waals surface area contributed by atoms with Crippen molar-refractivity contribution < 1.29 is 18.8 Å². The summed E-state index contributed by atoms with van der Waals surface area (Å²) in [6, 6.07) is 6.89. The van der Waals surface area contributed by atoms with Gasteiger partial charge in [-0.2, -0.15) is 4.98 Å². The van der Waals surface area contributed by atoms with Crippen LogP contribution < -0.4 is 0 Å². The minimum absolute atomic E-state index is 0.0368. The molecule has 2 aliphatic heterocycles. The topological polar surface area (TPSA) is 95.6 Å². The van der Waals surface area contributed by atoms with E-state index in [0.717, 1.165) is 12.8 Å². The molecule has 1 atom stereocenters. The highest BCUT2D eigenvalue weighted by Gasteiger charge is 2.55. The van der Waals surface area contributed by atoms with E-state index < -0.39 is 11.0 Å². The molecule has 2 saturated heterocycles. The van der Waals surface area contributed by atoms with E-state index in [2.05, 4.69) is 20.0 Å². The van der Waals surface area contributed by atoms with Gasteiger partial charge in [-0.25, -0.2) is 4.39 Å². The fourth-order valence-corrected chi connectivity index (χ4v) is 6.18. The van der Waals surface area contributed by atoms with Crippen LogP contribution in [-0.4, -0.2) is 69.2 Å². The van der Waals surface area contributed by atoms with Gasteiger partial charge in [-0.1, -0.05) is 38.1 Å². The van der Waals surface area contributed by atoms with E-state index in [1.54, 1.807) is 25.4 Å². The molecule has 2 fully saturated rings. The number of halogens is 1. The van der Waals surface area contributed by atoms with Gasteiger partial charge in [0.2, 0.25) is 17.6 Å². The molecular weight excluding hydrogens is 485 g/mol. The molecule has 1 N–H and O–H groups in total. The molecular formula is C29H36FN5O3. The highest BCUT2D eigenvalue weighted by Crippen LogP contribution is 2.50. The number of hydrogen-bond acceptors (Lipinski definition) is 7. The van der Waals surface area contributed by atoms with Gasteiger partial charge in [0.05, 0.1) is 0 Å². The number of aromatic nitrogens is 3. The van der Waals surface area contributed by atoms with Gasteiger partial charge in [0.25, 0.3) is 0 Å². The monoisotopic (exact) mass is 521 g/mol. The molecule has 5 rings (SSSR count). The molecule has 0 radical (unpaired) electrons. The summed E-state index contributed by atoms with van der Waals surface area (Å²) in [6.45, 7) is 10.1. The number of aliphatic hydroxyl groups is 1. The second-order valence-corrected chi connectivity index (χ2v) is 11.5. The van der Waals surface area contributed by atoms with E-state index in [1.807, 2.05) is 44.9 Å². The Balaban J connectivity index is 1.49. The lowest BCUT2D eigenvalue weighted by Gasteiger charge is -2.55. The van der Waals surface area contributed by atoms with Crippen molar-refractivity contribution in [2.75, 3.05) is 33.2 Å². The van der Waals surface area contributed by atoms with Crippen LogP contribution in [0.25, 0.3) is 11.4 Å². The zero-order chi connectivity index (χ0) is 27.2. The number of hydrogen-bond donors (Lipinski definition) is 1. The molecule has 1 unspecified atom stereocenters. The summed E-state index contributed by atoms with van der Waals surface area (Å²) in [6.07, 6.45) is 4.82. The van der Waals surface area contributed by atoms with Crippen LogP contribution in [0.4, 0.5) is 4.39 Å². The molecule has 1 amide bonds. The van der Waals surface area contributed by atoms with Crippen molar-refractivity contribution in [1.82, 2.24) is 24.9 Å². The Hall–Kier alpha value is -3.17. The van der Waals surface area contributed by atoms with Gasteiger partial charge in [0, 0.05) is 68.0 Å². The van der Waals surface area contributed by atoms with Gasteiger partial charge < -0.3 is 19.4 Å². The molecule has 2 aliphatic rings. The van der Waals surface area contributed by atoms with Gasteiger partial charge >= 0.3 is 0 Å². The number of carbonyl (C=O) groups is 1. The maximum Gasteiger partial charge on any atom is 0.230 e. The highest BCUT2D eigenvalue weighted by molar-refractivity contribution is 5.73. The Kier molecular flexibility index (Phi) is 6.86. The number of pyridine rings is 1. The largest absolute Gasteiger partial charge is 0.380 e. The number of likely N-dealkylation sites (tertiary alicyclic amines) is 2. The second-order valence-electron chi connectivity index (χ2n) is 11.5. The zero-order valence-corrected chi connectivity index (χ0v) is 22.7. The summed E-state index contributed by atoms with van der Waals surface area (Å²) in [5.41, 5.74) is 0.259. The van der Waals surface area contributed by atoms with Crippen LogP contribution in [0.5, 0.6) is 0 Å². The van der Waals surface area contributed by atoms with E-state index >= 15 is 4.39 Å². The highest BCUT2D eigenvalue weighted by atomic mass is 19.1. The molecule has 9 heteroatoms. The molecule has 38 heavy (non-hydrogen) atoms. The lowest BCUT2D eigenvalue weighted by atomic mass is 9.62. The lowest BCUT2D eigenvalue weighted by molar-refractivity contribution is -0.129. The zero-order valence-electron chi connectivity index (χ0n) is 22.7. The molecule has 8 nitrogen and oxygen atoms in total. The Morgan fingerprint density at radius 3 is 2.50 bits per heavy atom. The number of piperidine rings is 1. The van der Waals surface area contributed by atoms with Crippen molar-refractivity contribution in [3.05, 3.63) is 65.1 Å². The van der Waals surface area contributed by atoms with Gasteiger partial charge in [0.15, 0.2) is 0 Å². The predicted molar refractivity (Wildman–Crippen MR) is 141 cm³/mol. The van der Waals surface area contributed by atoms with Crippen molar-refractivity contribution in [1.29, 1.82) is 0 Å². The number of rotatable bonds is 6. The quantitative estimate of drug-likeness (QED) is 0.517. The summed E-state index contributed by atoms with van der Waals surface area (Å²) >= 11 is 0. The first-order chi connectivity index (χ1) is 18.0. The second kappa shape index (κ2) is 9.85. The Labute approximate surface area is 222 Å². The summed E-state index contributed by atoms with van der Waals surface area (Å²) in [5.74, 6) is 0.817. The van der Waals surface area contributed by atoms with Gasteiger partial charge in [-0.15, -0.1) is 0 Å². The minimum Gasteiger partial charge on any atom is -0.380 e. The summed E-state index contributed by atoms with van der Waals surface area (Å²) < 4.78 is 20.8. The van der Waals surface area contributed by atoms with Crippen LogP contribution in [0.3, 0.4) is 0 Å². The fraction of sp³-hybridized carbons (Fsp3) is 0.517. The average Bonchev–Trinajstić information content (AvgIpc) is 3.37. The third kappa shape index (κ3) is 4.52. The first-order valence-electron chi connectivity index (χ1n) is 13.3. The van der Waals surface area contributed by atoms with Crippen molar-refractivity contribution in [3.8, 4) is 11.4 Å². The van der Waals surface area contributed by atoms with Gasteiger partial charge in [-0.05, 0) is 49.1 Å². The van der Waals surface area contributed by atoms with Crippen molar-refractivity contribution in [3.63, 3.8) is 0 Å². The van der Waals surface area contributed by atoms with Crippen LogP contribution in [-0.2, 0) is 10.4 Å². The standard InChI is InChI=1S/C29H36FN5O3/c1-18(2)24-7-6-22(13-25(24)30)29(37,28(4)16-34(5)17-28)23-12-21(14-31-15-23)26-32-27(38-33-26)20-8-10-35(11-9-20)19(3)36/h6-7,12-15,18,20,37H,8-11,16-17H2,1-5H3. The molecule has 0 bridgehead atoms. The van der Waals surface area contributed by atoms with Crippen LogP contribution in [0, 0.1) is 11.2 Å². The van der Waals surface area contributed by atoms with Gasteiger partial charge in [0.1, 0.15) is 11.4 Å². The summed E-state index contributed by atoms with van der Waals surface area (Å²) in [7, 11) is 2.00. The average molecular weight is 522 g/mol. The molecule has 1 aromatic carbocycles. The summed E-state index contributed by atoms with van der Waals surface area (Å²) in [5, 5.41) is 16.6. The third-order valence-electron chi connectivity index (χ3n) is 8.30. The lowest BCUT2D eigenvalue weighted by Crippen LogP contribution is -2.63. The number of benzene rings is 1. The Bertz CT molecular complexity index is 1330. The molecule has 4 heterocycles. The van der Waals surface area contributed by atoms with Crippen molar-refractivity contribution >= 4 is 5.91 Å². The van der Waals surface area contributed by atoms with Crippen LogP contribution >= 0.6 is 0 Å². The van der Waals surface area contributed by atoms with Crippen molar-refractivity contribution in [2.45, 2.75) is 58.0 Å². The van der Waals surface area contributed by atoms with E-state index in [4.69, 9.17) is 4.52 Å².